The molecule has 2 aromatic rings. The summed E-state index contributed by atoms with van der Waals surface area (Å²) in [7, 11) is -2.42. The number of aldehydes is 1. The lowest BCUT2D eigenvalue weighted by Crippen LogP contribution is -2.27. The number of benzene rings is 2. The highest BCUT2D eigenvalue weighted by Gasteiger charge is 2.30. The molecule has 28 heavy (non-hydrogen) atoms. The zero-order valence-electron chi connectivity index (χ0n) is 15.0. The van der Waals surface area contributed by atoms with Gasteiger partial charge in [0.15, 0.2) is 11.5 Å². The Bertz CT molecular complexity index is 1010. The van der Waals surface area contributed by atoms with Crippen molar-refractivity contribution in [3.63, 3.8) is 0 Å². The van der Waals surface area contributed by atoms with E-state index in [4.69, 9.17) is 9.47 Å². The second-order valence-corrected chi connectivity index (χ2v) is 8.07. The Morgan fingerprint density at radius 2 is 1.75 bits per heavy atom. The van der Waals surface area contributed by atoms with Crippen molar-refractivity contribution in [2.45, 2.75) is 17.7 Å². The fourth-order valence-corrected chi connectivity index (χ4v) is 4.46. The third kappa shape index (κ3) is 3.82. The maximum absolute atomic E-state index is 12.7. The summed E-state index contributed by atoms with van der Waals surface area (Å²) in [4.78, 5) is 21.5. The zero-order valence-corrected chi connectivity index (χ0v) is 15.8. The van der Waals surface area contributed by atoms with E-state index in [0.29, 0.717) is 24.9 Å². The van der Waals surface area contributed by atoms with Gasteiger partial charge in [-0.2, -0.15) is 4.31 Å². The van der Waals surface area contributed by atoms with Crippen LogP contribution in [0.25, 0.3) is 0 Å². The highest BCUT2D eigenvalue weighted by Crippen LogP contribution is 2.38. The number of nitrogens with zero attached hydrogens (tertiary/aromatic N) is 2. The van der Waals surface area contributed by atoms with Crippen molar-refractivity contribution in [1.29, 1.82) is 0 Å². The maximum Gasteiger partial charge on any atom is 0.312 e. The van der Waals surface area contributed by atoms with Crippen LogP contribution in [0.1, 0.15) is 23.2 Å². The summed E-state index contributed by atoms with van der Waals surface area (Å²) in [5, 5.41) is 11.5. The van der Waals surface area contributed by atoms with Gasteiger partial charge in [0.1, 0.15) is 6.29 Å². The molecule has 3 rings (SSSR count). The van der Waals surface area contributed by atoms with Crippen molar-refractivity contribution >= 4 is 22.0 Å². The van der Waals surface area contributed by atoms with Gasteiger partial charge in [-0.15, -0.1) is 0 Å². The second-order valence-electron chi connectivity index (χ2n) is 6.13. The molecular formula is C18H18N2O7S. The Morgan fingerprint density at radius 1 is 1.07 bits per heavy atom. The number of carbonyl (C=O) groups is 1. The van der Waals surface area contributed by atoms with E-state index in [1.165, 1.54) is 41.7 Å². The number of nitro benzene ring substituents is 1. The molecular weight excluding hydrogens is 388 g/mol. The standard InChI is InChI=1S/C18H18N2O7S/c1-26-18-10-13(12-21)4-6-17(18)27-16-7-5-14(11-15(16)20(22)23)28(24,25)19-8-2-3-9-19/h4-7,10-12H,2-3,8-9H2,1H3. The topological polar surface area (TPSA) is 116 Å². The summed E-state index contributed by atoms with van der Waals surface area (Å²) in [6.07, 6.45) is 2.16. The second kappa shape index (κ2) is 7.95. The van der Waals surface area contributed by atoms with Crippen molar-refractivity contribution in [1.82, 2.24) is 4.31 Å². The first-order chi connectivity index (χ1) is 13.4. The highest BCUT2D eigenvalue weighted by molar-refractivity contribution is 7.89. The van der Waals surface area contributed by atoms with Crippen LogP contribution in [0.15, 0.2) is 41.3 Å². The van der Waals surface area contributed by atoms with Crippen LogP contribution < -0.4 is 9.47 Å². The van der Waals surface area contributed by atoms with Crippen LogP contribution in [0, 0.1) is 10.1 Å². The lowest BCUT2D eigenvalue weighted by atomic mass is 10.2. The van der Waals surface area contributed by atoms with E-state index in [-0.39, 0.29) is 22.1 Å². The van der Waals surface area contributed by atoms with Crippen LogP contribution in [-0.2, 0) is 10.0 Å². The summed E-state index contributed by atoms with van der Waals surface area (Å²) in [6, 6.07) is 7.87. The molecule has 148 valence electrons. The Labute approximate surface area is 161 Å². The van der Waals surface area contributed by atoms with Gasteiger partial charge in [0.2, 0.25) is 15.8 Å². The van der Waals surface area contributed by atoms with E-state index >= 15 is 0 Å². The minimum Gasteiger partial charge on any atom is -0.493 e. The fourth-order valence-electron chi connectivity index (χ4n) is 2.92. The summed E-state index contributed by atoms with van der Waals surface area (Å²) < 4.78 is 37.4. The van der Waals surface area contributed by atoms with Crippen LogP contribution in [-0.4, -0.2) is 44.1 Å². The number of ether oxygens (including phenoxy) is 2. The number of hydrogen-bond acceptors (Lipinski definition) is 7. The Kier molecular flexibility index (Phi) is 5.61. The van der Waals surface area contributed by atoms with Gasteiger partial charge in [-0.25, -0.2) is 8.42 Å². The van der Waals surface area contributed by atoms with Gasteiger partial charge >= 0.3 is 5.69 Å². The molecule has 0 saturated carbocycles. The Hall–Kier alpha value is -2.98. The summed E-state index contributed by atoms with van der Waals surface area (Å²) >= 11 is 0. The monoisotopic (exact) mass is 406 g/mol. The Balaban J connectivity index is 1.99. The largest absolute Gasteiger partial charge is 0.493 e. The molecule has 2 aromatic carbocycles. The number of sulfonamides is 1. The highest BCUT2D eigenvalue weighted by atomic mass is 32.2. The van der Waals surface area contributed by atoms with Crippen molar-refractivity contribution in [3.05, 3.63) is 52.1 Å². The SMILES string of the molecule is COc1cc(C=O)ccc1Oc1ccc(S(=O)(=O)N2CCCC2)cc1[N+](=O)[O-]. The van der Waals surface area contributed by atoms with Crippen LogP contribution >= 0.6 is 0 Å². The van der Waals surface area contributed by atoms with Gasteiger partial charge in [-0.3, -0.25) is 14.9 Å². The first kappa shape index (κ1) is 19.8. The lowest BCUT2D eigenvalue weighted by molar-refractivity contribution is -0.385. The predicted octanol–water partition coefficient (Wildman–Crippen LogP) is 2.99. The maximum atomic E-state index is 12.7. The first-order valence-corrected chi connectivity index (χ1v) is 9.90. The van der Waals surface area contributed by atoms with Gasteiger partial charge in [0.05, 0.1) is 16.9 Å². The fraction of sp³-hybridized carbons (Fsp3) is 0.278. The van der Waals surface area contributed by atoms with Crippen molar-refractivity contribution in [2.75, 3.05) is 20.2 Å². The molecule has 0 N–H and O–H groups in total. The minimum absolute atomic E-state index is 0.137. The molecule has 0 atom stereocenters. The van der Waals surface area contributed by atoms with Crippen LogP contribution in [0.3, 0.4) is 0 Å². The normalized spacial score (nSPS) is 14.6. The third-order valence-electron chi connectivity index (χ3n) is 4.37. The number of nitro groups is 1. The minimum atomic E-state index is -3.80. The van der Waals surface area contributed by atoms with Crippen molar-refractivity contribution < 1.29 is 27.6 Å². The number of carbonyl (C=O) groups excluding carboxylic acids is 1. The average Bonchev–Trinajstić information content (AvgIpc) is 3.24. The van der Waals surface area contributed by atoms with Crippen LogP contribution in [0.5, 0.6) is 17.2 Å². The van der Waals surface area contributed by atoms with Gasteiger partial charge in [0, 0.05) is 24.7 Å². The molecule has 0 aliphatic carbocycles. The Morgan fingerprint density at radius 3 is 2.36 bits per heavy atom. The van der Waals surface area contributed by atoms with Gasteiger partial charge in [-0.1, -0.05) is 0 Å². The molecule has 0 aromatic heterocycles. The summed E-state index contributed by atoms with van der Waals surface area (Å²) in [6.45, 7) is 0.795. The molecule has 1 aliphatic heterocycles. The van der Waals surface area contributed by atoms with E-state index in [1.54, 1.807) is 0 Å². The van der Waals surface area contributed by atoms with E-state index < -0.39 is 20.6 Å². The average molecular weight is 406 g/mol. The first-order valence-electron chi connectivity index (χ1n) is 8.46. The summed E-state index contributed by atoms with van der Waals surface area (Å²) in [5.41, 5.74) is -0.132. The number of methoxy groups -OCH3 is 1. The molecule has 1 heterocycles. The molecule has 0 amide bonds. The third-order valence-corrected chi connectivity index (χ3v) is 6.27. The molecule has 1 aliphatic rings. The smallest absolute Gasteiger partial charge is 0.312 e. The molecule has 0 spiro atoms. The quantitative estimate of drug-likeness (QED) is 0.394. The summed E-state index contributed by atoms with van der Waals surface area (Å²) in [5.74, 6) is 0.238. The van der Waals surface area contributed by atoms with Gasteiger partial charge in [0.25, 0.3) is 0 Å². The van der Waals surface area contributed by atoms with Crippen LogP contribution in [0.2, 0.25) is 0 Å². The lowest BCUT2D eigenvalue weighted by Gasteiger charge is -2.16. The van der Waals surface area contributed by atoms with Crippen LogP contribution in [0.4, 0.5) is 5.69 Å². The van der Waals surface area contributed by atoms with Crippen molar-refractivity contribution in [3.8, 4) is 17.2 Å². The zero-order chi connectivity index (χ0) is 20.3. The molecule has 0 unspecified atom stereocenters. The molecule has 0 radical (unpaired) electrons. The van der Waals surface area contributed by atoms with E-state index in [1.807, 2.05) is 0 Å². The molecule has 9 nitrogen and oxygen atoms in total. The molecule has 1 fully saturated rings. The van der Waals surface area contributed by atoms with Gasteiger partial charge < -0.3 is 9.47 Å². The molecule has 0 bridgehead atoms. The van der Waals surface area contributed by atoms with Gasteiger partial charge in [-0.05, 0) is 43.2 Å². The molecule has 1 saturated heterocycles. The van der Waals surface area contributed by atoms with E-state index in [0.717, 1.165) is 18.9 Å². The van der Waals surface area contributed by atoms with E-state index in [2.05, 4.69) is 0 Å². The number of hydrogen-bond donors (Lipinski definition) is 0. The predicted molar refractivity (Wildman–Crippen MR) is 99.5 cm³/mol. The van der Waals surface area contributed by atoms with E-state index in [9.17, 15) is 23.3 Å². The van der Waals surface area contributed by atoms with Crippen molar-refractivity contribution in [2.24, 2.45) is 0 Å². The molecule has 10 heteroatoms. The number of rotatable bonds is 7.